The van der Waals surface area contributed by atoms with Gasteiger partial charge in [0.25, 0.3) is 5.91 Å². The quantitative estimate of drug-likeness (QED) is 0.149. The average molecular weight is 528 g/mol. The van der Waals surface area contributed by atoms with Crippen LogP contribution >= 0.6 is 0 Å². The number of alkyl carbamates (subject to hydrolysis) is 1. The van der Waals surface area contributed by atoms with Gasteiger partial charge in [-0.15, -0.1) is 0 Å². The minimum atomic E-state index is -1.83. The molecule has 39 heavy (non-hydrogen) atoms. The van der Waals surface area contributed by atoms with Crippen LogP contribution in [0.15, 0.2) is 58.7 Å². The van der Waals surface area contributed by atoms with E-state index in [2.05, 4.69) is 10.2 Å². The molecule has 0 radical (unpaired) electrons. The van der Waals surface area contributed by atoms with Crippen LogP contribution in [0.25, 0.3) is 21.9 Å². The molecule has 2 aromatic carbocycles. The molecule has 11 heteroatoms. The van der Waals surface area contributed by atoms with Crippen LogP contribution in [-0.4, -0.2) is 59.7 Å². The highest BCUT2D eigenvalue weighted by atomic mass is 16.5. The number of carbonyl (C=O) groups is 2. The van der Waals surface area contributed by atoms with Crippen LogP contribution in [0.5, 0.6) is 0 Å². The van der Waals surface area contributed by atoms with Gasteiger partial charge in [-0.2, -0.15) is 5.26 Å². The van der Waals surface area contributed by atoms with Crippen molar-refractivity contribution in [2.75, 3.05) is 19.7 Å². The van der Waals surface area contributed by atoms with Gasteiger partial charge in [-0.3, -0.25) is 4.79 Å². The van der Waals surface area contributed by atoms with Crippen molar-refractivity contribution >= 4 is 41.9 Å². The van der Waals surface area contributed by atoms with Crippen molar-refractivity contribution < 1.29 is 28.8 Å². The fourth-order valence-corrected chi connectivity index (χ4v) is 4.10. The van der Waals surface area contributed by atoms with Gasteiger partial charge in [-0.05, 0) is 49.6 Å². The van der Waals surface area contributed by atoms with E-state index >= 15 is 0 Å². The first-order chi connectivity index (χ1) is 18.8. The third-order valence-electron chi connectivity index (χ3n) is 6.13. The van der Waals surface area contributed by atoms with Crippen LogP contribution in [0.2, 0.25) is 0 Å². The van der Waals surface area contributed by atoms with Crippen LogP contribution in [-0.2, 0) is 22.4 Å². The van der Waals surface area contributed by atoms with Gasteiger partial charge in [0, 0.05) is 24.9 Å². The molecule has 0 spiro atoms. The molecule has 2 amide bonds. The van der Waals surface area contributed by atoms with Crippen molar-refractivity contribution in [2.45, 2.75) is 32.6 Å². The van der Waals surface area contributed by atoms with Crippen molar-refractivity contribution in [1.29, 1.82) is 5.26 Å². The predicted octanol–water partition coefficient (Wildman–Crippen LogP) is 3.65. The van der Waals surface area contributed by atoms with E-state index in [1.807, 2.05) is 38.1 Å². The monoisotopic (exact) mass is 528 g/mol. The van der Waals surface area contributed by atoms with E-state index in [0.29, 0.717) is 41.1 Å². The molecule has 3 rings (SSSR count). The zero-order chi connectivity index (χ0) is 28.4. The zero-order valence-electron chi connectivity index (χ0n) is 21.8. The van der Waals surface area contributed by atoms with E-state index in [1.165, 1.54) is 17.2 Å². The van der Waals surface area contributed by atoms with Crippen molar-refractivity contribution in [3.05, 3.63) is 82.4 Å². The van der Waals surface area contributed by atoms with Gasteiger partial charge in [0.05, 0.1) is 25.4 Å². The van der Waals surface area contributed by atoms with E-state index in [1.54, 1.807) is 24.3 Å². The Labute approximate surface area is 227 Å². The van der Waals surface area contributed by atoms with Gasteiger partial charge in [0.15, 0.2) is 5.69 Å². The summed E-state index contributed by atoms with van der Waals surface area (Å²) in [7, 11) is -1.83. The molecule has 1 heterocycles. The Kier molecular flexibility index (Phi) is 10.3. The summed E-state index contributed by atoms with van der Waals surface area (Å²) < 4.78 is 10.7. The molecule has 1 aromatic heterocycles. The van der Waals surface area contributed by atoms with E-state index in [0.717, 1.165) is 5.39 Å². The first kappa shape index (κ1) is 29.0. The molecule has 3 N–H and O–H groups in total. The fourth-order valence-electron chi connectivity index (χ4n) is 4.10. The zero-order valence-corrected chi connectivity index (χ0v) is 21.8. The number of fused-ring (bicyclic) bond motifs is 1. The second kappa shape index (κ2) is 13.8. The number of nitrogens with zero attached hydrogens (tertiary/aromatic N) is 3. The number of rotatable bonds is 11. The van der Waals surface area contributed by atoms with E-state index in [9.17, 15) is 24.9 Å². The molecule has 200 valence electrons. The Bertz CT molecular complexity index is 1430. The number of hydrogen-bond donors (Lipinski definition) is 3. The topological polar surface area (TPSA) is 140 Å². The Morgan fingerprint density at radius 1 is 1.26 bits per heavy atom. The number of benzene rings is 2. The van der Waals surface area contributed by atoms with Crippen LogP contribution in [0.4, 0.5) is 10.5 Å². The Morgan fingerprint density at radius 2 is 2.00 bits per heavy atom. The minimum absolute atomic E-state index is 0.0404. The van der Waals surface area contributed by atoms with Crippen LogP contribution in [0.3, 0.4) is 0 Å². The number of likely N-dealkylation sites (N-methyl/N-ethyl adjacent to an activating group) is 1. The first-order valence-corrected chi connectivity index (χ1v) is 12.5. The number of carbonyl (C=O) groups excluding carboxylic acids is 2. The SMILES string of the molecule is [C-]#[N+]c1cc(C=C(C#N)C(=O)N(CC)CC)cc(CCOC(=O)N[C@@H](Cc2coc3ccccc23)B(O)O)c1. The van der Waals surface area contributed by atoms with Crippen molar-refractivity contribution in [2.24, 2.45) is 0 Å². The van der Waals surface area contributed by atoms with E-state index < -0.39 is 19.2 Å². The maximum Gasteiger partial charge on any atom is 0.475 e. The number of nitrogens with one attached hydrogen (secondary N) is 1. The molecule has 0 unspecified atom stereocenters. The summed E-state index contributed by atoms with van der Waals surface area (Å²) in [6, 6.07) is 14.1. The molecule has 0 saturated heterocycles. The van der Waals surface area contributed by atoms with Crippen LogP contribution < -0.4 is 5.32 Å². The predicted molar refractivity (Wildman–Crippen MR) is 146 cm³/mol. The lowest BCUT2D eigenvalue weighted by atomic mass is 9.76. The number of nitriles is 1. The van der Waals surface area contributed by atoms with Gasteiger partial charge in [0.2, 0.25) is 0 Å². The molecule has 1 atom stereocenters. The van der Waals surface area contributed by atoms with Gasteiger partial charge < -0.3 is 29.4 Å². The molecule has 0 fully saturated rings. The second-order valence-electron chi connectivity index (χ2n) is 8.70. The van der Waals surface area contributed by atoms with Gasteiger partial charge in [-0.25, -0.2) is 9.64 Å². The average Bonchev–Trinajstić information content (AvgIpc) is 3.34. The van der Waals surface area contributed by atoms with Gasteiger partial charge in [-0.1, -0.05) is 35.9 Å². The summed E-state index contributed by atoms with van der Waals surface area (Å²) in [5.74, 6) is -1.42. The second-order valence-corrected chi connectivity index (χ2v) is 8.70. The fraction of sp³-hybridized carbons (Fsp3) is 0.286. The summed E-state index contributed by atoms with van der Waals surface area (Å²) in [5, 5.41) is 32.4. The van der Waals surface area contributed by atoms with E-state index in [-0.39, 0.29) is 30.9 Å². The number of amides is 2. The third kappa shape index (κ3) is 7.71. The Hall–Kier alpha value is -4.58. The van der Waals surface area contributed by atoms with Crippen molar-refractivity contribution in [3.63, 3.8) is 0 Å². The summed E-state index contributed by atoms with van der Waals surface area (Å²) in [5.41, 5.74) is 2.80. The molecule has 0 bridgehead atoms. The van der Waals surface area contributed by atoms with Crippen LogP contribution in [0, 0.1) is 17.9 Å². The maximum atomic E-state index is 12.6. The number of para-hydroxylation sites is 1. The lowest BCUT2D eigenvalue weighted by molar-refractivity contribution is -0.126. The number of hydrogen-bond acceptors (Lipinski definition) is 7. The summed E-state index contributed by atoms with van der Waals surface area (Å²) in [4.78, 5) is 30.0. The lowest BCUT2D eigenvalue weighted by Crippen LogP contribution is -2.48. The maximum absolute atomic E-state index is 12.6. The molecule has 10 nitrogen and oxygen atoms in total. The van der Waals surface area contributed by atoms with Crippen molar-refractivity contribution in [1.82, 2.24) is 10.2 Å². The highest BCUT2D eigenvalue weighted by Crippen LogP contribution is 2.23. The van der Waals surface area contributed by atoms with Crippen LogP contribution in [0.1, 0.15) is 30.5 Å². The smallest absolute Gasteiger partial charge is 0.464 e. The molecule has 0 aliphatic heterocycles. The van der Waals surface area contributed by atoms with Gasteiger partial charge >= 0.3 is 13.2 Å². The highest BCUT2D eigenvalue weighted by Gasteiger charge is 2.27. The molecular formula is C28H29BN4O6. The minimum Gasteiger partial charge on any atom is -0.464 e. The standard InChI is InChI=1S/C28H29BN4O6/c1-4-33(5-2)27(34)21(17-30)13-20-12-19(14-23(15-20)31-3)10-11-38-28(35)32-26(29(36)37)16-22-18-39-25-9-7-6-8-24(22)25/h6-9,12-15,18,26,36-37H,4-5,10-11,16H2,1-2H3,(H,32,35)/t26-/m0/s1. The number of ether oxygens (including phenoxy) is 1. The number of furan rings is 1. The Morgan fingerprint density at radius 3 is 2.67 bits per heavy atom. The lowest BCUT2D eigenvalue weighted by Gasteiger charge is -2.18. The first-order valence-electron chi connectivity index (χ1n) is 12.5. The highest BCUT2D eigenvalue weighted by molar-refractivity contribution is 6.43. The summed E-state index contributed by atoms with van der Waals surface area (Å²) in [6.45, 7) is 11.9. The molecule has 0 aliphatic carbocycles. The van der Waals surface area contributed by atoms with E-state index in [4.69, 9.17) is 15.7 Å². The molecule has 0 aliphatic rings. The summed E-state index contributed by atoms with van der Waals surface area (Å²) in [6.07, 6.45) is 2.48. The summed E-state index contributed by atoms with van der Waals surface area (Å²) >= 11 is 0. The molecule has 3 aromatic rings. The third-order valence-corrected chi connectivity index (χ3v) is 6.13. The largest absolute Gasteiger partial charge is 0.475 e. The normalized spacial score (nSPS) is 11.8. The molecule has 0 saturated carbocycles. The van der Waals surface area contributed by atoms with Crippen molar-refractivity contribution in [3.8, 4) is 6.07 Å². The Balaban J connectivity index is 1.64. The molecular weight excluding hydrogens is 499 g/mol. The van der Waals surface area contributed by atoms with Gasteiger partial charge in [0.1, 0.15) is 17.2 Å².